The van der Waals surface area contributed by atoms with E-state index in [1.165, 1.54) is 14.0 Å². The molecule has 0 saturated heterocycles. The average Bonchev–Trinajstić information content (AvgIpc) is 2.08. The predicted octanol–water partition coefficient (Wildman–Crippen LogP) is 0.217. The first kappa shape index (κ1) is 14.6. The maximum atomic E-state index is 10.9. The van der Waals surface area contributed by atoms with Crippen LogP contribution in [0.4, 0.5) is 0 Å². The quantitative estimate of drug-likeness (QED) is 0.621. The maximum Gasteiger partial charge on any atom is 0.325 e. The van der Waals surface area contributed by atoms with E-state index in [0.29, 0.717) is 13.2 Å². The second-order valence-corrected chi connectivity index (χ2v) is 5.22. The summed E-state index contributed by atoms with van der Waals surface area (Å²) in [6.45, 7) is 3.33. The van der Waals surface area contributed by atoms with E-state index >= 15 is 0 Å². The topological polar surface area (TPSA) is 84.9 Å². The van der Waals surface area contributed by atoms with E-state index in [4.69, 9.17) is 14.2 Å². The van der Waals surface area contributed by atoms with Crippen LogP contribution in [-0.4, -0.2) is 44.3 Å². The molecule has 0 heterocycles. The van der Waals surface area contributed by atoms with Gasteiger partial charge in [-0.1, -0.05) is 0 Å². The summed E-state index contributed by atoms with van der Waals surface area (Å²) >= 11 is 0. The molecule has 7 heteroatoms. The lowest BCUT2D eigenvalue weighted by molar-refractivity contribution is -0.119. The number of ether oxygens (including phenoxy) is 1. The van der Waals surface area contributed by atoms with E-state index < -0.39 is 7.60 Å². The number of nitrogens with one attached hydrogen (secondary N) is 1. The van der Waals surface area contributed by atoms with E-state index in [0.717, 1.165) is 6.66 Å². The van der Waals surface area contributed by atoms with Crippen molar-refractivity contribution in [1.29, 1.82) is 0 Å². The van der Waals surface area contributed by atoms with Crippen molar-refractivity contribution in [3.05, 3.63) is 0 Å². The maximum absolute atomic E-state index is 10.9. The Morgan fingerprint density at radius 1 is 1.53 bits per heavy atom. The third-order valence-electron chi connectivity index (χ3n) is 1.59. The number of hydrogen-bond donors (Lipinski definition) is 2. The zero-order valence-electron chi connectivity index (χ0n) is 9.23. The molecule has 0 aromatic rings. The highest BCUT2D eigenvalue weighted by atomic mass is 31.2. The molecule has 0 aromatic carbocycles. The summed E-state index contributed by atoms with van der Waals surface area (Å²) in [4.78, 5) is 19.6. The van der Waals surface area contributed by atoms with Crippen molar-refractivity contribution in [2.24, 2.45) is 5.92 Å². The van der Waals surface area contributed by atoms with Crippen molar-refractivity contribution in [3.8, 4) is 0 Å². The minimum Gasteiger partial charge on any atom is -0.384 e. The second kappa shape index (κ2) is 6.95. The molecule has 2 atom stereocenters. The van der Waals surface area contributed by atoms with Crippen LogP contribution in [0.25, 0.3) is 0 Å². The summed E-state index contributed by atoms with van der Waals surface area (Å²) in [5, 5.41) is 2.60. The number of rotatable bonds is 7. The van der Waals surface area contributed by atoms with Gasteiger partial charge in [0.05, 0.1) is 13.2 Å². The van der Waals surface area contributed by atoms with Crippen molar-refractivity contribution in [3.63, 3.8) is 0 Å². The summed E-state index contributed by atoms with van der Waals surface area (Å²) < 4.78 is 20.5. The third kappa shape index (κ3) is 9.87. The lowest BCUT2D eigenvalue weighted by atomic mass is 10.2. The average molecular weight is 239 g/mol. The van der Waals surface area contributed by atoms with E-state index in [2.05, 4.69) is 5.32 Å². The molecule has 15 heavy (non-hydrogen) atoms. The molecule has 0 radical (unpaired) electrons. The Balaban J connectivity index is 3.93. The van der Waals surface area contributed by atoms with Gasteiger partial charge in [-0.2, -0.15) is 0 Å². The van der Waals surface area contributed by atoms with Gasteiger partial charge in [0.2, 0.25) is 5.91 Å². The number of amides is 1. The zero-order chi connectivity index (χ0) is 11.9. The number of carbonyl (C=O) groups excluding carboxylic acids is 1. The normalized spacial score (nSPS) is 16.8. The van der Waals surface area contributed by atoms with Gasteiger partial charge in [-0.15, -0.1) is 0 Å². The first-order chi connectivity index (χ1) is 6.85. The molecule has 0 aliphatic heterocycles. The molecular formula is C8H18NO5P. The van der Waals surface area contributed by atoms with E-state index in [1.54, 1.807) is 0 Å². The molecule has 2 N–H and O–H groups in total. The summed E-state index contributed by atoms with van der Waals surface area (Å²) in [7, 11) is -1.94. The van der Waals surface area contributed by atoms with Crippen molar-refractivity contribution >= 4 is 13.5 Å². The standard InChI is InChI=1S/C8H18NO5P/c1-7(10)9-4-8(5-13-2)6-14-15(3,11)12/h8H,4-6H2,1-3H3,(H,9,10)(H,11,12)/t8-/m1/s1. The molecule has 0 aliphatic rings. The molecular weight excluding hydrogens is 221 g/mol. The monoisotopic (exact) mass is 239 g/mol. The van der Waals surface area contributed by atoms with Crippen LogP contribution in [0, 0.1) is 5.92 Å². The van der Waals surface area contributed by atoms with Crippen LogP contribution in [0.15, 0.2) is 0 Å². The summed E-state index contributed by atoms with van der Waals surface area (Å²) in [5.41, 5.74) is 0. The van der Waals surface area contributed by atoms with Crippen LogP contribution in [0.1, 0.15) is 6.92 Å². The fourth-order valence-electron chi connectivity index (χ4n) is 0.933. The van der Waals surface area contributed by atoms with Gasteiger partial charge in [0.25, 0.3) is 0 Å². The van der Waals surface area contributed by atoms with E-state index in [1.807, 2.05) is 0 Å². The minimum absolute atomic E-state index is 0.0817. The van der Waals surface area contributed by atoms with Gasteiger partial charge < -0.3 is 19.5 Å². The summed E-state index contributed by atoms with van der Waals surface area (Å²) in [6.07, 6.45) is 0. The van der Waals surface area contributed by atoms with Crippen LogP contribution in [-0.2, 0) is 18.6 Å². The fourth-order valence-corrected chi connectivity index (χ4v) is 1.42. The largest absolute Gasteiger partial charge is 0.384 e. The lowest BCUT2D eigenvalue weighted by Crippen LogP contribution is -2.31. The Morgan fingerprint density at radius 2 is 2.13 bits per heavy atom. The highest BCUT2D eigenvalue weighted by molar-refractivity contribution is 7.51. The van der Waals surface area contributed by atoms with Crippen LogP contribution in [0.3, 0.4) is 0 Å². The van der Waals surface area contributed by atoms with Gasteiger partial charge in [-0.05, 0) is 0 Å². The minimum atomic E-state index is -3.46. The molecule has 0 fully saturated rings. The van der Waals surface area contributed by atoms with Crippen LogP contribution in [0.2, 0.25) is 0 Å². The van der Waals surface area contributed by atoms with Gasteiger partial charge in [0, 0.05) is 33.2 Å². The number of carbonyl (C=O) groups is 1. The second-order valence-electron chi connectivity index (χ2n) is 3.36. The Bertz CT molecular complexity index is 239. The number of hydrogen-bond acceptors (Lipinski definition) is 4. The van der Waals surface area contributed by atoms with Gasteiger partial charge in [-0.25, -0.2) is 0 Å². The van der Waals surface area contributed by atoms with Crippen molar-refractivity contribution in [2.75, 3.05) is 33.5 Å². The predicted molar refractivity (Wildman–Crippen MR) is 55.8 cm³/mol. The van der Waals surface area contributed by atoms with Crippen molar-refractivity contribution in [2.45, 2.75) is 6.92 Å². The summed E-state index contributed by atoms with van der Waals surface area (Å²) in [5.74, 6) is -0.279. The van der Waals surface area contributed by atoms with Crippen LogP contribution >= 0.6 is 7.60 Å². The van der Waals surface area contributed by atoms with Gasteiger partial charge in [0.1, 0.15) is 0 Å². The molecule has 90 valence electrons. The SMILES string of the molecule is COC[C@@H](CNC(C)=O)CO[P@](C)(=O)O. The highest BCUT2D eigenvalue weighted by Gasteiger charge is 2.16. The number of methoxy groups -OCH3 is 1. The molecule has 6 nitrogen and oxygen atoms in total. The Labute approximate surface area is 89.5 Å². The molecule has 0 saturated carbocycles. The molecule has 0 aromatic heterocycles. The lowest BCUT2D eigenvalue weighted by Gasteiger charge is -2.17. The smallest absolute Gasteiger partial charge is 0.325 e. The zero-order valence-corrected chi connectivity index (χ0v) is 10.1. The van der Waals surface area contributed by atoms with Gasteiger partial charge in [-0.3, -0.25) is 9.36 Å². The van der Waals surface area contributed by atoms with E-state index in [-0.39, 0.29) is 18.4 Å². The highest BCUT2D eigenvalue weighted by Crippen LogP contribution is 2.36. The third-order valence-corrected chi connectivity index (χ3v) is 2.22. The molecule has 0 bridgehead atoms. The Kier molecular flexibility index (Phi) is 6.76. The summed E-state index contributed by atoms with van der Waals surface area (Å²) in [6, 6.07) is 0. The molecule has 1 amide bonds. The Hall–Kier alpha value is -0.420. The van der Waals surface area contributed by atoms with Crippen molar-refractivity contribution in [1.82, 2.24) is 5.32 Å². The van der Waals surface area contributed by atoms with Crippen molar-refractivity contribution < 1.29 is 23.5 Å². The Morgan fingerprint density at radius 3 is 2.53 bits per heavy atom. The van der Waals surface area contributed by atoms with E-state index in [9.17, 15) is 9.36 Å². The first-order valence-electron chi connectivity index (χ1n) is 4.53. The molecule has 0 spiro atoms. The fraction of sp³-hybridized carbons (Fsp3) is 0.875. The first-order valence-corrected chi connectivity index (χ1v) is 6.56. The molecule has 0 aliphatic carbocycles. The van der Waals surface area contributed by atoms with Crippen LogP contribution < -0.4 is 5.32 Å². The molecule has 0 unspecified atom stereocenters. The van der Waals surface area contributed by atoms with Crippen LogP contribution in [0.5, 0.6) is 0 Å². The van der Waals surface area contributed by atoms with Gasteiger partial charge >= 0.3 is 7.60 Å². The van der Waals surface area contributed by atoms with Gasteiger partial charge in [0.15, 0.2) is 0 Å². The molecule has 0 rings (SSSR count).